The molecule has 0 spiro atoms. The van der Waals surface area contributed by atoms with E-state index in [4.69, 9.17) is 9.47 Å². The van der Waals surface area contributed by atoms with Crippen LogP contribution in [0.4, 0.5) is 4.79 Å². The molecule has 3 aliphatic heterocycles. The third-order valence-electron chi connectivity index (χ3n) is 7.50. The van der Waals surface area contributed by atoms with Crippen molar-refractivity contribution in [3.63, 3.8) is 0 Å². The summed E-state index contributed by atoms with van der Waals surface area (Å²) >= 11 is 0. The number of amides is 1. The lowest BCUT2D eigenvalue weighted by Gasteiger charge is -2.35. The Kier molecular flexibility index (Phi) is 9.18. The van der Waals surface area contributed by atoms with Crippen molar-refractivity contribution in [1.82, 2.24) is 19.6 Å². The minimum atomic E-state index is -0.155. The number of likely N-dealkylation sites (tertiary alicyclic amines) is 1. The molecule has 0 radical (unpaired) electrons. The Balaban J connectivity index is 1.10. The van der Waals surface area contributed by atoms with Crippen LogP contribution in [0.3, 0.4) is 0 Å². The van der Waals surface area contributed by atoms with Gasteiger partial charge in [0.05, 0.1) is 20.1 Å². The van der Waals surface area contributed by atoms with Crippen LogP contribution in [0.25, 0.3) is 0 Å². The summed E-state index contributed by atoms with van der Waals surface area (Å²) in [5, 5.41) is 0. The molecule has 3 saturated heterocycles. The smallest absolute Gasteiger partial charge is 0.410 e. The fraction of sp³-hybridized carbons (Fsp3) is 0.692. The molecule has 1 amide bonds. The number of hydrogen-bond acceptors (Lipinski definition) is 7. The Morgan fingerprint density at radius 3 is 2.38 bits per heavy atom. The number of benzene rings is 1. The molecule has 0 aliphatic carbocycles. The van der Waals surface area contributed by atoms with Crippen LogP contribution >= 0.6 is 0 Å². The molecule has 0 N–H and O–H groups in total. The van der Waals surface area contributed by atoms with Crippen LogP contribution in [0.5, 0.6) is 0 Å². The third-order valence-corrected chi connectivity index (χ3v) is 7.50. The van der Waals surface area contributed by atoms with Gasteiger partial charge in [-0.3, -0.25) is 14.6 Å². The molecule has 0 saturated carbocycles. The molecule has 8 nitrogen and oxygen atoms in total. The fourth-order valence-corrected chi connectivity index (χ4v) is 5.30. The number of piperazine rings is 1. The molecule has 4 rings (SSSR count). The largest absolute Gasteiger partial charge is 0.469 e. The lowest BCUT2D eigenvalue weighted by atomic mass is 9.93. The minimum absolute atomic E-state index is 0.0400. The van der Waals surface area contributed by atoms with Gasteiger partial charge in [-0.1, -0.05) is 30.3 Å². The van der Waals surface area contributed by atoms with E-state index in [1.807, 2.05) is 4.90 Å². The van der Waals surface area contributed by atoms with E-state index in [1.54, 1.807) is 0 Å². The van der Waals surface area contributed by atoms with Crippen LogP contribution in [0, 0.1) is 5.92 Å². The quantitative estimate of drug-likeness (QED) is 0.484. The van der Waals surface area contributed by atoms with Crippen LogP contribution < -0.4 is 0 Å². The Morgan fingerprint density at radius 1 is 0.971 bits per heavy atom. The average Bonchev–Trinajstić information content (AvgIpc) is 3.22. The molecule has 1 atom stereocenters. The highest BCUT2D eigenvalue weighted by atomic mass is 16.6. The van der Waals surface area contributed by atoms with Crippen molar-refractivity contribution in [2.24, 2.45) is 5.92 Å². The zero-order chi connectivity index (χ0) is 23.8. The van der Waals surface area contributed by atoms with Gasteiger partial charge in [-0.05, 0) is 43.8 Å². The predicted octanol–water partition coefficient (Wildman–Crippen LogP) is 2.29. The van der Waals surface area contributed by atoms with Gasteiger partial charge >= 0.3 is 12.1 Å². The normalized spacial score (nSPS) is 23.3. The van der Waals surface area contributed by atoms with Crippen LogP contribution in [-0.4, -0.2) is 110 Å². The van der Waals surface area contributed by atoms with E-state index in [2.05, 4.69) is 45.0 Å². The molecule has 3 heterocycles. The summed E-state index contributed by atoms with van der Waals surface area (Å²) in [5.41, 5.74) is 1.38. The van der Waals surface area contributed by atoms with Crippen molar-refractivity contribution in [1.29, 1.82) is 0 Å². The van der Waals surface area contributed by atoms with Gasteiger partial charge in [0.25, 0.3) is 0 Å². The highest BCUT2D eigenvalue weighted by Crippen LogP contribution is 2.23. The van der Waals surface area contributed by atoms with Crippen LogP contribution in [0.2, 0.25) is 0 Å². The molecule has 188 valence electrons. The Morgan fingerprint density at radius 2 is 1.68 bits per heavy atom. The summed E-state index contributed by atoms with van der Waals surface area (Å²) in [6.07, 6.45) is 3.74. The summed E-state index contributed by atoms with van der Waals surface area (Å²) in [6.45, 7) is 10.1. The number of rotatable bonds is 10. The molecule has 3 fully saturated rings. The van der Waals surface area contributed by atoms with E-state index in [0.29, 0.717) is 18.9 Å². The maximum atomic E-state index is 12.4. The molecule has 0 bridgehead atoms. The van der Waals surface area contributed by atoms with Crippen LogP contribution in [-0.2, 0) is 20.8 Å². The molecular formula is C26H40N4O4. The summed E-state index contributed by atoms with van der Waals surface area (Å²) < 4.78 is 10.4. The van der Waals surface area contributed by atoms with Crippen molar-refractivity contribution in [3.8, 4) is 0 Å². The summed E-state index contributed by atoms with van der Waals surface area (Å²) in [7, 11) is 1.43. The van der Waals surface area contributed by atoms with Crippen LogP contribution in [0.15, 0.2) is 30.3 Å². The fourth-order valence-electron chi connectivity index (χ4n) is 5.30. The second kappa shape index (κ2) is 12.5. The molecule has 3 aliphatic rings. The van der Waals surface area contributed by atoms with Gasteiger partial charge in [0.2, 0.25) is 0 Å². The van der Waals surface area contributed by atoms with E-state index < -0.39 is 0 Å². The molecular weight excluding hydrogens is 432 g/mol. The third kappa shape index (κ3) is 7.42. The first-order valence-electron chi connectivity index (χ1n) is 12.8. The minimum Gasteiger partial charge on any atom is -0.469 e. The summed E-state index contributed by atoms with van der Waals surface area (Å²) in [6, 6.07) is 10.7. The van der Waals surface area contributed by atoms with Gasteiger partial charge in [-0.25, -0.2) is 4.79 Å². The number of carbonyl (C=O) groups excluding carboxylic acids is 2. The van der Waals surface area contributed by atoms with Gasteiger partial charge in [0.1, 0.15) is 6.10 Å². The van der Waals surface area contributed by atoms with E-state index in [0.717, 1.165) is 71.9 Å². The van der Waals surface area contributed by atoms with E-state index in [-0.39, 0.29) is 18.2 Å². The Hall–Kier alpha value is -2.16. The number of ether oxygens (including phenoxy) is 2. The van der Waals surface area contributed by atoms with Crippen molar-refractivity contribution >= 4 is 12.1 Å². The maximum Gasteiger partial charge on any atom is 0.410 e. The number of cyclic esters (lactones) is 1. The highest BCUT2D eigenvalue weighted by molar-refractivity contribution is 5.70. The summed E-state index contributed by atoms with van der Waals surface area (Å²) in [4.78, 5) is 32.9. The van der Waals surface area contributed by atoms with Gasteiger partial charge < -0.3 is 19.3 Å². The van der Waals surface area contributed by atoms with Crippen molar-refractivity contribution in [2.75, 3.05) is 72.6 Å². The molecule has 8 heteroatoms. The number of nitrogens with zero attached hydrogens (tertiary/aromatic N) is 4. The van der Waals surface area contributed by atoms with Crippen molar-refractivity contribution in [2.45, 2.75) is 38.3 Å². The van der Waals surface area contributed by atoms with E-state index >= 15 is 0 Å². The first kappa shape index (κ1) is 24.9. The van der Waals surface area contributed by atoms with E-state index in [9.17, 15) is 9.59 Å². The Labute approximate surface area is 203 Å². The number of piperidine rings is 1. The van der Waals surface area contributed by atoms with Crippen molar-refractivity contribution in [3.05, 3.63) is 35.9 Å². The first-order valence-corrected chi connectivity index (χ1v) is 12.8. The first-order chi connectivity index (χ1) is 16.6. The van der Waals surface area contributed by atoms with Gasteiger partial charge in [-0.15, -0.1) is 0 Å². The van der Waals surface area contributed by atoms with Gasteiger partial charge in [0.15, 0.2) is 0 Å². The molecule has 34 heavy (non-hydrogen) atoms. The molecule has 0 aromatic heterocycles. The zero-order valence-corrected chi connectivity index (χ0v) is 20.6. The number of esters is 1. The zero-order valence-electron chi connectivity index (χ0n) is 20.6. The topological polar surface area (TPSA) is 65.6 Å². The van der Waals surface area contributed by atoms with Crippen molar-refractivity contribution < 1.29 is 19.1 Å². The number of carbonyl (C=O) groups is 2. The second-order valence-corrected chi connectivity index (χ2v) is 9.91. The van der Waals surface area contributed by atoms with Gasteiger partial charge in [0, 0.05) is 52.4 Å². The number of methoxy groups -OCH3 is 1. The van der Waals surface area contributed by atoms with Crippen LogP contribution in [0.1, 0.15) is 31.2 Å². The standard InChI is InChI=1S/C26H40N4O4/c1-33-25(31)10-13-27-15-17-29(18-16-27)20-24-21-30(26(32)34-24)14-9-22-7-11-28(12-8-22)19-23-5-3-2-4-6-23/h2-6,22,24H,7-21H2,1H3. The monoisotopic (exact) mass is 472 g/mol. The van der Waals surface area contributed by atoms with E-state index in [1.165, 1.54) is 25.5 Å². The lowest BCUT2D eigenvalue weighted by molar-refractivity contribution is -0.141. The number of hydrogen-bond donors (Lipinski definition) is 0. The molecule has 1 aromatic rings. The maximum absolute atomic E-state index is 12.4. The highest BCUT2D eigenvalue weighted by Gasteiger charge is 2.33. The Bertz CT molecular complexity index is 776. The average molecular weight is 473 g/mol. The lowest BCUT2D eigenvalue weighted by Crippen LogP contribution is -2.49. The molecule has 1 unspecified atom stereocenters. The predicted molar refractivity (Wildman–Crippen MR) is 130 cm³/mol. The second-order valence-electron chi connectivity index (χ2n) is 9.91. The summed E-state index contributed by atoms with van der Waals surface area (Å²) in [5.74, 6) is 0.537. The van der Waals surface area contributed by atoms with Gasteiger partial charge in [-0.2, -0.15) is 0 Å². The molecule has 1 aromatic carbocycles. The SMILES string of the molecule is COC(=O)CCN1CCN(CC2CN(CCC3CCN(Cc4ccccc4)CC3)C(=O)O2)CC1.